The van der Waals surface area contributed by atoms with Crippen LogP contribution in [0.1, 0.15) is 77.1 Å². The number of alkyl carbamates (subject to hydrolysis) is 1. The SMILES string of the molecule is C#Cc1ccccc1C(C(=O)NC(C)C)N(CCCC)C(=O)C(Cc1ccc(O)cc1)NC(=O)OC(C)(C)C. The molecule has 0 saturated carbocycles. The van der Waals surface area contributed by atoms with Crippen LogP contribution in [0.15, 0.2) is 48.5 Å². The van der Waals surface area contributed by atoms with Crippen molar-refractivity contribution in [1.29, 1.82) is 0 Å². The molecular formula is C31H41N3O5. The monoisotopic (exact) mass is 535 g/mol. The fourth-order valence-corrected chi connectivity index (χ4v) is 4.09. The number of hydrogen-bond donors (Lipinski definition) is 3. The van der Waals surface area contributed by atoms with Gasteiger partial charge in [-0.15, -0.1) is 6.42 Å². The molecule has 8 nitrogen and oxygen atoms in total. The van der Waals surface area contributed by atoms with Gasteiger partial charge in [0.1, 0.15) is 23.4 Å². The highest BCUT2D eigenvalue weighted by molar-refractivity contribution is 5.92. The molecule has 0 aromatic heterocycles. The second kappa shape index (κ2) is 14.2. The Labute approximate surface area is 232 Å². The second-order valence-corrected chi connectivity index (χ2v) is 10.8. The van der Waals surface area contributed by atoms with E-state index in [-0.39, 0.29) is 30.7 Å². The molecule has 3 N–H and O–H groups in total. The first-order chi connectivity index (χ1) is 18.4. The van der Waals surface area contributed by atoms with Crippen LogP contribution in [0.2, 0.25) is 0 Å². The number of terminal acetylenes is 1. The number of phenolic OH excluding ortho intramolecular Hbond substituents is 1. The lowest BCUT2D eigenvalue weighted by atomic mass is 9.96. The van der Waals surface area contributed by atoms with Crippen LogP contribution in [-0.4, -0.2) is 52.1 Å². The number of phenols is 1. The summed E-state index contributed by atoms with van der Waals surface area (Å²) in [6.45, 7) is 11.2. The predicted octanol–water partition coefficient (Wildman–Crippen LogP) is 4.70. The number of amides is 3. The van der Waals surface area contributed by atoms with Crippen molar-refractivity contribution >= 4 is 17.9 Å². The number of ether oxygens (including phenoxy) is 1. The van der Waals surface area contributed by atoms with Crippen molar-refractivity contribution in [3.8, 4) is 18.1 Å². The van der Waals surface area contributed by atoms with Gasteiger partial charge in [0.05, 0.1) is 0 Å². The molecule has 3 amide bonds. The third-order valence-corrected chi connectivity index (χ3v) is 5.80. The smallest absolute Gasteiger partial charge is 0.408 e. The zero-order valence-corrected chi connectivity index (χ0v) is 23.8. The number of aromatic hydroxyl groups is 1. The first kappa shape index (κ1) is 31.2. The molecule has 0 fully saturated rings. The van der Waals surface area contributed by atoms with Gasteiger partial charge in [0.15, 0.2) is 0 Å². The third-order valence-electron chi connectivity index (χ3n) is 5.80. The lowest BCUT2D eigenvalue weighted by Crippen LogP contribution is -2.54. The molecule has 2 atom stereocenters. The Morgan fingerprint density at radius 1 is 1.05 bits per heavy atom. The van der Waals surface area contributed by atoms with Crippen molar-refractivity contribution in [3.63, 3.8) is 0 Å². The summed E-state index contributed by atoms with van der Waals surface area (Å²) in [5.41, 5.74) is 0.975. The zero-order valence-electron chi connectivity index (χ0n) is 23.8. The quantitative estimate of drug-likeness (QED) is 0.362. The number of benzene rings is 2. The maximum atomic E-state index is 14.3. The summed E-state index contributed by atoms with van der Waals surface area (Å²) in [5.74, 6) is 1.91. The van der Waals surface area contributed by atoms with Gasteiger partial charge in [-0.2, -0.15) is 0 Å². The van der Waals surface area contributed by atoms with Crippen molar-refractivity contribution in [2.24, 2.45) is 0 Å². The normalized spacial score (nSPS) is 12.7. The van der Waals surface area contributed by atoms with E-state index in [0.29, 0.717) is 23.1 Å². The Morgan fingerprint density at radius 2 is 1.69 bits per heavy atom. The molecule has 2 unspecified atom stereocenters. The van der Waals surface area contributed by atoms with Gasteiger partial charge in [-0.3, -0.25) is 9.59 Å². The van der Waals surface area contributed by atoms with E-state index in [1.54, 1.807) is 57.2 Å². The molecule has 0 aliphatic rings. The zero-order chi connectivity index (χ0) is 29.2. The maximum Gasteiger partial charge on any atom is 0.408 e. The van der Waals surface area contributed by atoms with Crippen LogP contribution in [-0.2, 0) is 20.7 Å². The van der Waals surface area contributed by atoms with Crippen LogP contribution in [0, 0.1) is 12.3 Å². The van der Waals surface area contributed by atoms with Gasteiger partial charge in [0.2, 0.25) is 11.8 Å². The fraction of sp³-hybridized carbons (Fsp3) is 0.452. The van der Waals surface area contributed by atoms with Crippen molar-refractivity contribution in [3.05, 3.63) is 65.2 Å². The number of nitrogens with one attached hydrogen (secondary N) is 2. The fourth-order valence-electron chi connectivity index (χ4n) is 4.09. The summed E-state index contributed by atoms with van der Waals surface area (Å²) >= 11 is 0. The number of carbonyl (C=O) groups excluding carboxylic acids is 3. The molecule has 2 rings (SSSR count). The highest BCUT2D eigenvalue weighted by Gasteiger charge is 2.37. The minimum Gasteiger partial charge on any atom is -0.508 e. The van der Waals surface area contributed by atoms with Gasteiger partial charge in [-0.05, 0) is 70.4 Å². The largest absolute Gasteiger partial charge is 0.508 e. The summed E-state index contributed by atoms with van der Waals surface area (Å²) in [6.07, 6.45) is 6.57. The first-order valence-electron chi connectivity index (χ1n) is 13.3. The van der Waals surface area contributed by atoms with Crippen LogP contribution >= 0.6 is 0 Å². The van der Waals surface area contributed by atoms with E-state index < -0.39 is 29.7 Å². The standard InChI is InChI=1S/C31H41N3O5/c1-8-10-19-34(27(28(36)32-21(3)4)25-14-12-11-13-23(25)9-2)29(37)26(33-30(38)39-31(5,6)7)20-22-15-17-24(35)18-16-22/h2,11-18,21,26-27,35H,8,10,19-20H2,1,3-7H3,(H,32,36)(H,33,38). The number of rotatable bonds is 11. The van der Waals surface area contributed by atoms with E-state index in [9.17, 15) is 19.5 Å². The van der Waals surface area contributed by atoms with Crippen LogP contribution in [0.5, 0.6) is 5.75 Å². The van der Waals surface area contributed by atoms with E-state index in [0.717, 1.165) is 6.42 Å². The van der Waals surface area contributed by atoms with Crippen molar-refractivity contribution in [2.75, 3.05) is 6.54 Å². The van der Waals surface area contributed by atoms with Crippen molar-refractivity contribution in [2.45, 2.75) is 84.5 Å². The minimum atomic E-state index is -1.05. The van der Waals surface area contributed by atoms with Crippen LogP contribution in [0.25, 0.3) is 0 Å². The molecule has 2 aromatic rings. The van der Waals surface area contributed by atoms with E-state index in [4.69, 9.17) is 11.2 Å². The molecule has 0 spiro atoms. The van der Waals surface area contributed by atoms with E-state index in [1.165, 1.54) is 17.0 Å². The number of hydrogen-bond acceptors (Lipinski definition) is 5. The Balaban J connectivity index is 2.60. The number of carbonyl (C=O) groups is 3. The lowest BCUT2D eigenvalue weighted by molar-refractivity contribution is -0.142. The number of nitrogens with zero attached hydrogens (tertiary/aromatic N) is 1. The highest BCUT2D eigenvalue weighted by Crippen LogP contribution is 2.27. The van der Waals surface area contributed by atoms with Gasteiger partial charge < -0.3 is 25.4 Å². The van der Waals surface area contributed by atoms with Crippen LogP contribution in [0.3, 0.4) is 0 Å². The Kier molecular flexibility index (Phi) is 11.4. The minimum absolute atomic E-state index is 0.0858. The summed E-state index contributed by atoms with van der Waals surface area (Å²) in [4.78, 5) is 42.3. The van der Waals surface area contributed by atoms with Gasteiger partial charge >= 0.3 is 6.09 Å². The van der Waals surface area contributed by atoms with Gasteiger partial charge in [0.25, 0.3) is 0 Å². The molecule has 0 aliphatic carbocycles. The Bertz CT molecular complexity index is 1160. The van der Waals surface area contributed by atoms with E-state index >= 15 is 0 Å². The summed E-state index contributed by atoms with van der Waals surface area (Å²) in [5, 5.41) is 15.4. The molecule has 0 bridgehead atoms. The summed E-state index contributed by atoms with van der Waals surface area (Å²) in [7, 11) is 0. The van der Waals surface area contributed by atoms with E-state index in [1.807, 2.05) is 20.8 Å². The van der Waals surface area contributed by atoms with E-state index in [2.05, 4.69) is 16.6 Å². The summed E-state index contributed by atoms with van der Waals surface area (Å²) < 4.78 is 5.45. The molecule has 0 radical (unpaired) electrons. The predicted molar refractivity (Wildman–Crippen MR) is 152 cm³/mol. The average molecular weight is 536 g/mol. The summed E-state index contributed by atoms with van der Waals surface area (Å²) in [6, 6.07) is 11.2. The van der Waals surface area contributed by atoms with Gasteiger partial charge in [0, 0.05) is 24.6 Å². The maximum absolute atomic E-state index is 14.3. The highest BCUT2D eigenvalue weighted by atomic mass is 16.6. The molecule has 2 aromatic carbocycles. The van der Waals surface area contributed by atoms with Gasteiger partial charge in [-0.25, -0.2) is 4.79 Å². The molecule has 8 heteroatoms. The molecular weight excluding hydrogens is 494 g/mol. The average Bonchev–Trinajstić information content (AvgIpc) is 2.85. The topological polar surface area (TPSA) is 108 Å². The van der Waals surface area contributed by atoms with Crippen molar-refractivity contribution < 1.29 is 24.2 Å². The first-order valence-corrected chi connectivity index (χ1v) is 13.3. The molecule has 39 heavy (non-hydrogen) atoms. The molecule has 0 aliphatic heterocycles. The Hall–Kier alpha value is -3.99. The molecule has 0 saturated heterocycles. The van der Waals surface area contributed by atoms with Crippen LogP contribution in [0.4, 0.5) is 4.79 Å². The Morgan fingerprint density at radius 3 is 2.26 bits per heavy atom. The molecule has 210 valence electrons. The third kappa shape index (κ3) is 9.68. The molecule has 0 heterocycles. The van der Waals surface area contributed by atoms with Crippen LogP contribution < -0.4 is 10.6 Å². The van der Waals surface area contributed by atoms with Gasteiger partial charge in [-0.1, -0.05) is 49.6 Å². The van der Waals surface area contributed by atoms with Crippen molar-refractivity contribution in [1.82, 2.24) is 15.5 Å². The lowest BCUT2D eigenvalue weighted by Gasteiger charge is -2.35. The number of unbranched alkanes of at least 4 members (excludes halogenated alkanes) is 1. The second-order valence-electron chi connectivity index (χ2n) is 10.8.